The number of nitrogens with one attached hydrogen (secondary N) is 1. The molecule has 17 heavy (non-hydrogen) atoms. The number of likely N-dealkylation sites (tertiary alicyclic amines) is 1. The summed E-state index contributed by atoms with van der Waals surface area (Å²) in [7, 11) is 4.15. The minimum atomic E-state index is 0.704. The highest BCUT2D eigenvalue weighted by molar-refractivity contribution is 4.76. The first-order chi connectivity index (χ1) is 8.22. The quantitative estimate of drug-likeness (QED) is 0.633. The summed E-state index contributed by atoms with van der Waals surface area (Å²) in [5, 5.41) is 3.59. The Kier molecular flexibility index (Phi) is 7.77. The third-order valence-electron chi connectivity index (χ3n) is 3.40. The zero-order valence-electron chi connectivity index (χ0n) is 11.7. The van der Waals surface area contributed by atoms with Gasteiger partial charge in [-0.2, -0.15) is 0 Å². The van der Waals surface area contributed by atoms with E-state index in [1.165, 1.54) is 32.5 Å². The molecule has 1 rings (SSSR count). The normalized spacial score (nSPS) is 19.1. The molecule has 1 N–H and O–H groups in total. The summed E-state index contributed by atoms with van der Waals surface area (Å²) in [6.45, 7) is 9.60. The summed E-state index contributed by atoms with van der Waals surface area (Å²) in [4.78, 5) is 4.67. The van der Waals surface area contributed by atoms with Gasteiger partial charge < -0.3 is 19.9 Å². The van der Waals surface area contributed by atoms with Crippen LogP contribution < -0.4 is 5.32 Å². The Balaban J connectivity index is 1.90. The van der Waals surface area contributed by atoms with Gasteiger partial charge in [-0.05, 0) is 46.6 Å². The molecule has 0 unspecified atom stereocenters. The van der Waals surface area contributed by atoms with Crippen molar-refractivity contribution in [2.75, 3.05) is 60.0 Å². The van der Waals surface area contributed by atoms with Crippen LogP contribution >= 0.6 is 0 Å². The zero-order valence-corrected chi connectivity index (χ0v) is 11.7. The van der Waals surface area contributed by atoms with Crippen LogP contribution in [-0.2, 0) is 4.74 Å². The van der Waals surface area contributed by atoms with Crippen LogP contribution in [-0.4, -0.2) is 75.9 Å². The topological polar surface area (TPSA) is 27.7 Å². The Morgan fingerprint density at radius 3 is 2.53 bits per heavy atom. The molecular formula is C13H29N3O. The Morgan fingerprint density at radius 1 is 1.24 bits per heavy atom. The van der Waals surface area contributed by atoms with E-state index >= 15 is 0 Å². The fourth-order valence-electron chi connectivity index (χ4n) is 2.14. The molecule has 1 aliphatic heterocycles. The van der Waals surface area contributed by atoms with Gasteiger partial charge >= 0.3 is 0 Å². The molecule has 0 spiro atoms. The Hall–Kier alpha value is -0.160. The van der Waals surface area contributed by atoms with Crippen molar-refractivity contribution in [3.63, 3.8) is 0 Å². The summed E-state index contributed by atoms with van der Waals surface area (Å²) in [6.07, 6.45) is 2.57. The third-order valence-corrected chi connectivity index (χ3v) is 3.40. The van der Waals surface area contributed by atoms with Gasteiger partial charge in [-0.3, -0.25) is 0 Å². The molecule has 1 aliphatic rings. The van der Waals surface area contributed by atoms with Crippen molar-refractivity contribution in [2.45, 2.75) is 25.8 Å². The molecule has 0 radical (unpaired) electrons. The maximum absolute atomic E-state index is 5.56. The molecule has 0 bridgehead atoms. The molecular weight excluding hydrogens is 214 g/mol. The van der Waals surface area contributed by atoms with E-state index in [1.54, 1.807) is 0 Å². The first-order valence-electron chi connectivity index (χ1n) is 6.90. The predicted octanol–water partition coefficient (Wildman–Crippen LogP) is 0.639. The van der Waals surface area contributed by atoms with Crippen LogP contribution in [0.15, 0.2) is 0 Å². The lowest BCUT2D eigenvalue weighted by atomic mass is 10.1. The van der Waals surface area contributed by atoms with E-state index in [9.17, 15) is 0 Å². The number of hydrogen-bond donors (Lipinski definition) is 1. The van der Waals surface area contributed by atoms with Gasteiger partial charge in [0.1, 0.15) is 0 Å². The molecule has 0 aromatic rings. The molecule has 0 atom stereocenters. The summed E-state index contributed by atoms with van der Waals surface area (Å²) >= 11 is 0. The Morgan fingerprint density at radius 2 is 1.94 bits per heavy atom. The van der Waals surface area contributed by atoms with Crippen molar-refractivity contribution in [1.82, 2.24) is 15.1 Å². The van der Waals surface area contributed by atoms with Crippen LogP contribution in [0, 0.1) is 0 Å². The monoisotopic (exact) mass is 243 g/mol. The maximum atomic E-state index is 5.56. The second kappa shape index (κ2) is 8.86. The minimum Gasteiger partial charge on any atom is -0.379 e. The second-order valence-corrected chi connectivity index (χ2v) is 5.08. The summed E-state index contributed by atoms with van der Waals surface area (Å²) < 4.78 is 5.56. The largest absolute Gasteiger partial charge is 0.379 e. The van der Waals surface area contributed by atoms with E-state index < -0.39 is 0 Å². The molecule has 0 amide bonds. The van der Waals surface area contributed by atoms with Gasteiger partial charge in [0.25, 0.3) is 0 Å². The predicted molar refractivity (Wildman–Crippen MR) is 72.5 cm³/mol. The van der Waals surface area contributed by atoms with E-state index in [0.29, 0.717) is 6.04 Å². The highest BCUT2D eigenvalue weighted by atomic mass is 16.5. The Bertz CT molecular complexity index is 180. The van der Waals surface area contributed by atoms with Crippen molar-refractivity contribution in [3.8, 4) is 0 Å². The molecule has 1 fully saturated rings. The lowest BCUT2D eigenvalue weighted by Gasteiger charge is -2.31. The van der Waals surface area contributed by atoms with Crippen LogP contribution in [0.4, 0.5) is 0 Å². The summed E-state index contributed by atoms with van der Waals surface area (Å²) in [6, 6.07) is 0.704. The van der Waals surface area contributed by atoms with Crippen molar-refractivity contribution < 1.29 is 4.74 Å². The summed E-state index contributed by atoms with van der Waals surface area (Å²) in [5.41, 5.74) is 0. The molecule has 1 saturated heterocycles. The van der Waals surface area contributed by atoms with Gasteiger partial charge in [0.15, 0.2) is 0 Å². The average molecular weight is 243 g/mol. The fraction of sp³-hybridized carbons (Fsp3) is 1.00. The first-order valence-corrected chi connectivity index (χ1v) is 6.90. The number of piperidine rings is 1. The van der Waals surface area contributed by atoms with Crippen LogP contribution in [0.3, 0.4) is 0 Å². The van der Waals surface area contributed by atoms with Crippen molar-refractivity contribution in [1.29, 1.82) is 0 Å². The van der Waals surface area contributed by atoms with Gasteiger partial charge in [0.2, 0.25) is 0 Å². The zero-order chi connectivity index (χ0) is 12.5. The van der Waals surface area contributed by atoms with Crippen molar-refractivity contribution in [2.24, 2.45) is 0 Å². The van der Waals surface area contributed by atoms with Crippen molar-refractivity contribution in [3.05, 3.63) is 0 Å². The number of ether oxygens (including phenoxy) is 1. The van der Waals surface area contributed by atoms with Crippen LogP contribution in [0.25, 0.3) is 0 Å². The van der Waals surface area contributed by atoms with E-state index in [-0.39, 0.29) is 0 Å². The third kappa shape index (κ3) is 6.99. The Labute approximate surface area is 106 Å². The second-order valence-electron chi connectivity index (χ2n) is 5.08. The number of rotatable bonds is 8. The van der Waals surface area contributed by atoms with E-state index in [1.807, 2.05) is 0 Å². The van der Waals surface area contributed by atoms with Crippen LogP contribution in [0.2, 0.25) is 0 Å². The molecule has 4 nitrogen and oxygen atoms in total. The number of likely N-dealkylation sites (N-methyl/N-ethyl adjacent to an activating group) is 1. The molecule has 1 heterocycles. The number of hydrogen-bond acceptors (Lipinski definition) is 4. The SMILES string of the molecule is CCN1CCC(NCCOCCN(C)C)CC1. The van der Waals surface area contributed by atoms with Gasteiger partial charge in [0.05, 0.1) is 13.2 Å². The van der Waals surface area contributed by atoms with Crippen LogP contribution in [0.1, 0.15) is 19.8 Å². The average Bonchev–Trinajstić information content (AvgIpc) is 2.34. The molecule has 4 heteroatoms. The summed E-state index contributed by atoms with van der Waals surface area (Å²) in [5.74, 6) is 0. The molecule has 0 aromatic carbocycles. The highest BCUT2D eigenvalue weighted by Gasteiger charge is 2.16. The fourth-order valence-corrected chi connectivity index (χ4v) is 2.14. The molecule has 0 aliphatic carbocycles. The standard InChI is InChI=1S/C13H29N3O/c1-4-16-8-5-13(6-9-16)14-7-11-17-12-10-15(2)3/h13-14H,4-12H2,1-3H3. The minimum absolute atomic E-state index is 0.704. The highest BCUT2D eigenvalue weighted by Crippen LogP contribution is 2.09. The maximum Gasteiger partial charge on any atom is 0.0593 e. The molecule has 0 aromatic heterocycles. The van der Waals surface area contributed by atoms with Gasteiger partial charge in [-0.25, -0.2) is 0 Å². The van der Waals surface area contributed by atoms with E-state index in [0.717, 1.165) is 26.3 Å². The molecule has 102 valence electrons. The van der Waals surface area contributed by atoms with Gasteiger partial charge in [-0.1, -0.05) is 6.92 Å². The van der Waals surface area contributed by atoms with Gasteiger partial charge in [0, 0.05) is 19.1 Å². The molecule has 0 saturated carbocycles. The lowest BCUT2D eigenvalue weighted by molar-refractivity contribution is 0.114. The van der Waals surface area contributed by atoms with Crippen molar-refractivity contribution >= 4 is 0 Å². The van der Waals surface area contributed by atoms with Gasteiger partial charge in [-0.15, -0.1) is 0 Å². The number of nitrogens with zero attached hydrogens (tertiary/aromatic N) is 2. The van der Waals surface area contributed by atoms with E-state index in [2.05, 4.69) is 36.1 Å². The smallest absolute Gasteiger partial charge is 0.0593 e. The lowest BCUT2D eigenvalue weighted by Crippen LogP contribution is -2.43. The first kappa shape index (κ1) is 14.9. The van der Waals surface area contributed by atoms with Crippen LogP contribution in [0.5, 0.6) is 0 Å². The van der Waals surface area contributed by atoms with E-state index in [4.69, 9.17) is 4.74 Å².